The first-order valence-electron chi connectivity index (χ1n) is 7.38. The minimum absolute atomic E-state index is 0.00507. The monoisotopic (exact) mass is 382 g/mol. The van der Waals surface area contributed by atoms with Crippen molar-refractivity contribution in [1.82, 2.24) is 19.5 Å². The largest absolute Gasteiger partial charge is 0.433 e. The Morgan fingerprint density at radius 1 is 1.27 bits per heavy atom. The topological polar surface area (TPSA) is 59.7 Å². The van der Waals surface area contributed by atoms with E-state index in [1.165, 1.54) is 6.92 Å². The Morgan fingerprint density at radius 3 is 2.58 bits per heavy atom. The molecule has 1 aliphatic heterocycles. The Balaban J connectivity index is 1.98. The minimum atomic E-state index is -4.74. The third-order valence-electron chi connectivity index (χ3n) is 3.84. The average Bonchev–Trinajstić information content (AvgIpc) is 2.95. The van der Waals surface area contributed by atoms with Gasteiger partial charge in [0.2, 0.25) is 0 Å². The molecule has 0 aliphatic carbocycles. The standard InChI is InChI=1S/C14H12F6N4O2/c1-7-4-9(13(15,16)17)24-11(22-7)8(5-21-24)12(25)23-2-3-26-10(6-23)14(18,19)20/h4-5,10H,2-3,6H2,1H3/t10-/m0/s1. The van der Waals surface area contributed by atoms with Gasteiger partial charge in [0, 0.05) is 12.2 Å². The van der Waals surface area contributed by atoms with E-state index in [1.54, 1.807) is 0 Å². The molecule has 1 fully saturated rings. The molecule has 2 aromatic rings. The predicted octanol–water partition coefficient (Wildman–Crippen LogP) is 2.46. The van der Waals surface area contributed by atoms with E-state index < -0.39 is 36.6 Å². The van der Waals surface area contributed by atoms with Crippen LogP contribution in [0.25, 0.3) is 5.65 Å². The van der Waals surface area contributed by atoms with E-state index in [-0.39, 0.29) is 30.1 Å². The molecule has 1 amide bonds. The molecule has 3 heterocycles. The first kappa shape index (κ1) is 18.4. The van der Waals surface area contributed by atoms with Gasteiger partial charge in [-0.25, -0.2) is 9.50 Å². The van der Waals surface area contributed by atoms with Crippen LogP contribution in [0.15, 0.2) is 12.3 Å². The first-order valence-corrected chi connectivity index (χ1v) is 7.38. The third-order valence-corrected chi connectivity index (χ3v) is 3.84. The number of hydrogen-bond acceptors (Lipinski definition) is 4. The number of ether oxygens (including phenoxy) is 1. The van der Waals surface area contributed by atoms with Crippen LogP contribution in [0.3, 0.4) is 0 Å². The number of halogens is 6. The lowest BCUT2D eigenvalue weighted by Crippen LogP contribution is -2.51. The predicted molar refractivity (Wildman–Crippen MR) is 74.4 cm³/mol. The summed E-state index contributed by atoms with van der Waals surface area (Å²) in [5.41, 5.74) is -1.80. The van der Waals surface area contributed by atoms with Crippen molar-refractivity contribution in [3.05, 3.63) is 29.2 Å². The van der Waals surface area contributed by atoms with Crippen LogP contribution >= 0.6 is 0 Å². The Labute approximate surface area is 142 Å². The average molecular weight is 382 g/mol. The number of carbonyl (C=O) groups excluding carboxylic acids is 1. The number of fused-ring (bicyclic) bond motifs is 1. The molecule has 1 atom stereocenters. The van der Waals surface area contributed by atoms with Gasteiger partial charge in [-0.1, -0.05) is 0 Å². The summed E-state index contributed by atoms with van der Waals surface area (Å²) in [6, 6.07) is 0.767. The second kappa shape index (κ2) is 6.11. The zero-order chi connectivity index (χ0) is 19.3. The van der Waals surface area contributed by atoms with E-state index in [0.717, 1.165) is 17.2 Å². The fraction of sp³-hybridized carbons (Fsp3) is 0.500. The fourth-order valence-corrected chi connectivity index (χ4v) is 2.64. The molecule has 2 aromatic heterocycles. The molecular weight excluding hydrogens is 370 g/mol. The second-order valence-electron chi connectivity index (χ2n) is 5.73. The Bertz CT molecular complexity index is 844. The molecule has 6 nitrogen and oxygen atoms in total. The normalized spacial score (nSPS) is 19.2. The molecule has 0 bridgehead atoms. The van der Waals surface area contributed by atoms with E-state index in [9.17, 15) is 31.1 Å². The van der Waals surface area contributed by atoms with Gasteiger partial charge < -0.3 is 9.64 Å². The Hall–Kier alpha value is -2.37. The molecule has 0 unspecified atom stereocenters. The smallest absolute Gasteiger partial charge is 0.365 e. The van der Waals surface area contributed by atoms with Crippen molar-refractivity contribution in [2.24, 2.45) is 0 Å². The van der Waals surface area contributed by atoms with E-state index in [0.29, 0.717) is 4.52 Å². The van der Waals surface area contributed by atoms with Gasteiger partial charge in [0.25, 0.3) is 5.91 Å². The molecule has 0 spiro atoms. The molecule has 0 N–H and O–H groups in total. The van der Waals surface area contributed by atoms with Crippen LogP contribution in [0.4, 0.5) is 26.3 Å². The number of morpholine rings is 1. The Kier molecular flexibility index (Phi) is 4.33. The molecule has 142 valence electrons. The molecule has 0 radical (unpaired) electrons. The summed E-state index contributed by atoms with van der Waals surface area (Å²) in [5, 5.41) is 3.54. The highest BCUT2D eigenvalue weighted by Crippen LogP contribution is 2.31. The SMILES string of the molecule is Cc1cc(C(F)(F)F)n2ncc(C(=O)N3CCO[C@H](C(F)(F)F)C3)c2n1. The molecule has 1 saturated heterocycles. The number of aromatic nitrogens is 3. The fourth-order valence-electron chi connectivity index (χ4n) is 2.64. The number of rotatable bonds is 1. The molecule has 1 aliphatic rings. The van der Waals surface area contributed by atoms with E-state index in [1.807, 2.05) is 0 Å². The van der Waals surface area contributed by atoms with Gasteiger partial charge >= 0.3 is 12.4 Å². The van der Waals surface area contributed by atoms with Crippen LogP contribution in [0.5, 0.6) is 0 Å². The van der Waals surface area contributed by atoms with Crippen LogP contribution in [0, 0.1) is 6.92 Å². The zero-order valence-corrected chi connectivity index (χ0v) is 13.2. The second-order valence-corrected chi connectivity index (χ2v) is 5.73. The number of carbonyl (C=O) groups is 1. The van der Waals surface area contributed by atoms with Crippen molar-refractivity contribution in [2.75, 3.05) is 19.7 Å². The first-order chi connectivity index (χ1) is 12.0. The maximum atomic E-state index is 13.1. The van der Waals surface area contributed by atoms with Gasteiger partial charge in [-0.3, -0.25) is 4.79 Å². The van der Waals surface area contributed by atoms with E-state index in [2.05, 4.69) is 14.8 Å². The van der Waals surface area contributed by atoms with E-state index >= 15 is 0 Å². The zero-order valence-electron chi connectivity index (χ0n) is 13.2. The molecule has 0 aromatic carbocycles. The number of aryl methyl sites for hydroxylation is 1. The van der Waals surface area contributed by atoms with Gasteiger partial charge in [0.15, 0.2) is 11.8 Å². The van der Waals surface area contributed by atoms with Crippen molar-refractivity contribution >= 4 is 11.6 Å². The quantitative estimate of drug-likeness (QED) is 0.711. The minimum Gasteiger partial charge on any atom is -0.365 e. The van der Waals surface area contributed by atoms with Crippen molar-refractivity contribution in [3.8, 4) is 0 Å². The van der Waals surface area contributed by atoms with Gasteiger partial charge in [-0.15, -0.1) is 0 Å². The molecular formula is C14H12F6N4O2. The molecule has 0 saturated carbocycles. The van der Waals surface area contributed by atoms with Crippen molar-refractivity contribution in [1.29, 1.82) is 0 Å². The lowest BCUT2D eigenvalue weighted by atomic mass is 10.2. The number of hydrogen-bond donors (Lipinski definition) is 0. The summed E-state index contributed by atoms with van der Waals surface area (Å²) in [6.45, 7) is 0.0958. The molecule has 3 rings (SSSR count). The highest BCUT2D eigenvalue weighted by Gasteiger charge is 2.44. The van der Waals surface area contributed by atoms with Crippen LogP contribution in [0.2, 0.25) is 0 Å². The summed E-state index contributed by atoms with van der Waals surface area (Å²) in [4.78, 5) is 17.3. The highest BCUT2D eigenvalue weighted by molar-refractivity contribution is 5.99. The van der Waals surface area contributed by atoms with Gasteiger partial charge in [0.05, 0.1) is 19.3 Å². The van der Waals surface area contributed by atoms with Gasteiger partial charge in [0.1, 0.15) is 11.3 Å². The number of alkyl halides is 6. The lowest BCUT2D eigenvalue weighted by Gasteiger charge is -2.33. The maximum absolute atomic E-state index is 13.1. The van der Waals surface area contributed by atoms with Crippen molar-refractivity contribution < 1.29 is 35.9 Å². The van der Waals surface area contributed by atoms with Crippen LogP contribution in [-0.4, -0.2) is 57.4 Å². The Morgan fingerprint density at radius 2 is 1.96 bits per heavy atom. The van der Waals surface area contributed by atoms with Crippen molar-refractivity contribution in [3.63, 3.8) is 0 Å². The maximum Gasteiger partial charge on any atom is 0.433 e. The molecule has 26 heavy (non-hydrogen) atoms. The van der Waals surface area contributed by atoms with Gasteiger partial charge in [-0.2, -0.15) is 31.4 Å². The number of amides is 1. The van der Waals surface area contributed by atoms with E-state index in [4.69, 9.17) is 0 Å². The number of nitrogens with zero attached hydrogens (tertiary/aromatic N) is 4. The summed E-state index contributed by atoms with van der Waals surface area (Å²) < 4.78 is 82.8. The summed E-state index contributed by atoms with van der Waals surface area (Å²) in [5.74, 6) is -0.885. The van der Waals surface area contributed by atoms with Crippen LogP contribution in [-0.2, 0) is 10.9 Å². The lowest BCUT2D eigenvalue weighted by molar-refractivity contribution is -0.233. The third kappa shape index (κ3) is 3.32. The van der Waals surface area contributed by atoms with Crippen LogP contribution in [0.1, 0.15) is 21.7 Å². The summed E-state index contributed by atoms with van der Waals surface area (Å²) in [6.07, 6.45) is -10.7. The molecule has 12 heteroatoms. The summed E-state index contributed by atoms with van der Waals surface area (Å²) >= 11 is 0. The highest BCUT2D eigenvalue weighted by atomic mass is 19.4. The van der Waals surface area contributed by atoms with Crippen molar-refractivity contribution in [2.45, 2.75) is 25.4 Å². The van der Waals surface area contributed by atoms with Crippen LogP contribution < -0.4 is 0 Å². The summed E-state index contributed by atoms with van der Waals surface area (Å²) in [7, 11) is 0. The van der Waals surface area contributed by atoms with Gasteiger partial charge in [-0.05, 0) is 13.0 Å².